The second-order valence-corrected chi connectivity index (χ2v) is 7.40. The predicted octanol–water partition coefficient (Wildman–Crippen LogP) is 2.80. The van der Waals surface area contributed by atoms with Gasteiger partial charge in [-0.25, -0.2) is 0 Å². The highest BCUT2D eigenvalue weighted by molar-refractivity contribution is 9.10. The first-order chi connectivity index (χ1) is 11.1. The molecule has 0 radical (unpaired) electrons. The fourth-order valence-electron chi connectivity index (χ4n) is 3.80. The molecule has 124 valence electrons. The first-order valence-corrected chi connectivity index (χ1v) is 8.85. The summed E-state index contributed by atoms with van der Waals surface area (Å²) >= 11 is 3.34. The number of amides is 2. The van der Waals surface area contributed by atoms with Gasteiger partial charge in [-0.3, -0.25) is 20.4 Å². The molecule has 2 bridgehead atoms. The molecule has 2 fully saturated rings. The van der Waals surface area contributed by atoms with Gasteiger partial charge in [0.15, 0.2) is 6.61 Å². The maximum absolute atomic E-state index is 11.9. The number of carbonyl (C=O) groups is 2. The molecule has 2 N–H and O–H groups in total. The van der Waals surface area contributed by atoms with Crippen molar-refractivity contribution in [2.24, 2.45) is 17.8 Å². The molecule has 23 heavy (non-hydrogen) atoms. The third-order valence-electron chi connectivity index (χ3n) is 4.84. The van der Waals surface area contributed by atoms with Gasteiger partial charge in [0.05, 0.1) is 0 Å². The zero-order valence-electron chi connectivity index (χ0n) is 12.9. The molecule has 0 unspecified atom stereocenters. The summed E-state index contributed by atoms with van der Waals surface area (Å²) in [5.74, 6) is 2.14. The van der Waals surface area contributed by atoms with Crippen molar-refractivity contribution in [2.75, 3.05) is 6.61 Å². The number of carbonyl (C=O) groups excluding carboxylic acids is 2. The molecule has 0 heterocycles. The van der Waals surface area contributed by atoms with E-state index < -0.39 is 0 Å². The van der Waals surface area contributed by atoms with E-state index in [1.165, 1.54) is 19.3 Å². The molecule has 6 heteroatoms. The summed E-state index contributed by atoms with van der Waals surface area (Å²) in [6, 6.07) is 7.25. The van der Waals surface area contributed by atoms with Gasteiger partial charge in [-0.15, -0.1) is 0 Å². The van der Waals surface area contributed by atoms with Crippen molar-refractivity contribution < 1.29 is 14.3 Å². The van der Waals surface area contributed by atoms with Crippen LogP contribution in [0.25, 0.3) is 0 Å². The fraction of sp³-hybridized carbons (Fsp3) is 0.529. The van der Waals surface area contributed by atoms with Gasteiger partial charge in [0.1, 0.15) is 5.75 Å². The minimum absolute atomic E-state index is 0.113. The van der Waals surface area contributed by atoms with Crippen molar-refractivity contribution in [1.29, 1.82) is 0 Å². The minimum atomic E-state index is -0.369. The Morgan fingerprint density at radius 1 is 1.17 bits per heavy atom. The first kappa shape index (κ1) is 16.3. The van der Waals surface area contributed by atoms with Crippen LogP contribution in [0.5, 0.6) is 5.75 Å². The monoisotopic (exact) mass is 380 g/mol. The summed E-state index contributed by atoms with van der Waals surface area (Å²) in [5.41, 5.74) is 4.90. The average molecular weight is 381 g/mol. The Morgan fingerprint density at radius 2 is 2.00 bits per heavy atom. The van der Waals surface area contributed by atoms with Crippen molar-refractivity contribution in [1.82, 2.24) is 10.9 Å². The van der Waals surface area contributed by atoms with Crippen LogP contribution in [0.1, 0.15) is 32.1 Å². The van der Waals surface area contributed by atoms with Crippen LogP contribution in [0.15, 0.2) is 28.7 Å². The number of hydrazine groups is 1. The lowest BCUT2D eigenvalue weighted by Gasteiger charge is -2.20. The van der Waals surface area contributed by atoms with Gasteiger partial charge >= 0.3 is 0 Å². The number of fused-ring (bicyclic) bond motifs is 2. The van der Waals surface area contributed by atoms with Gasteiger partial charge in [0, 0.05) is 10.9 Å². The Balaban J connectivity index is 1.34. The highest BCUT2D eigenvalue weighted by Crippen LogP contribution is 2.49. The average Bonchev–Trinajstić information content (AvgIpc) is 3.14. The van der Waals surface area contributed by atoms with Gasteiger partial charge in [0.2, 0.25) is 5.91 Å². The molecule has 0 aromatic heterocycles. The lowest BCUT2D eigenvalue weighted by atomic mass is 9.86. The topological polar surface area (TPSA) is 67.4 Å². The van der Waals surface area contributed by atoms with Crippen LogP contribution in [-0.2, 0) is 9.59 Å². The summed E-state index contributed by atoms with van der Waals surface area (Å²) in [4.78, 5) is 23.6. The SMILES string of the molecule is O=C(COc1cccc(Br)c1)NNC(=O)C[C@H]1C[C@H]2CC[C@H]1C2. The van der Waals surface area contributed by atoms with E-state index >= 15 is 0 Å². The van der Waals surface area contributed by atoms with E-state index in [-0.39, 0.29) is 18.4 Å². The highest BCUT2D eigenvalue weighted by Gasteiger charge is 2.40. The van der Waals surface area contributed by atoms with E-state index in [4.69, 9.17) is 4.74 Å². The summed E-state index contributed by atoms with van der Waals surface area (Å²) in [6.45, 7) is -0.134. The van der Waals surface area contributed by atoms with E-state index in [1.807, 2.05) is 12.1 Å². The number of hydrogen-bond donors (Lipinski definition) is 2. The van der Waals surface area contributed by atoms with Crippen LogP contribution in [0, 0.1) is 17.8 Å². The third-order valence-corrected chi connectivity index (χ3v) is 5.33. The van der Waals surface area contributed by atoms with E-state index in [1.54, 1.807) is 12.1 Å². The summed E-state index contributed by atoms with van der Waals surface area (Å²) in [7, 11) is 0. The number of nitrogens with one attached hydrogen (secondary N) is 2. The van der Waals surface area contributed by atoms with Gasteiger partial charge < -0.3 is 4.74 Å². The Labute approximate surface area is 144 Å². The standard InChI is InChI=1S/C17H21BrN2O3/c18-14-2-1-3-15(9-14)23-10-17(22)20-19-16(21)8-13-7-11-4-5-12(13)6-11/h1-3,9,11-13H,4-8,10H2,(H,19,21)(H,20,22)/t11-,12-,13+/m0/s1. The van der Waals surface area contributed by atoms with Crippen LogP contribution in [0.2, 0.25) is 0 Å². The van der Waals surface area contributed by atoms with Gasteiger partial charge in [-0.1, -0.05) is 28.4 Å². The molecule has 3 atom stereocenters. The molecular formula is C17H21BrN2O3. The Kier molecular flexibility index (Phi) is 5.20. The molecule has 2 aliphatic carbocycles. The molecule has 0 aliphatic heterocycles. The van der Waals surface area contributed by atoms with Crippen LogP contribution in [0.4, 0.5) is 0 Å². The summed E-state index contributed by atoms with van der Waals surface area (Å²) in [6.07, 6.45) is 5.54. The molecule has 0 spiro atoms. The Hall–Kier alpha value is -1.56. The second-order valence-electron chi connectivity index (χ2n) is 6.48. The molecule has 2 amide bonds. The third kappa shape index (κ3) is 4.47. The van der Waals surface area contributed by atoms with Crippen molar-refractivity contribution in [3.8, 4) is 5.75 Å². The van der Waals surface area contributed by atoms with Gasteiger partial charge in [-0.2, -0.15) is 0 Å². The van der Waals surface area contributed by atoms with Gasteiger partial charge in [0.25, 0.3) is 5.91 Å². The zero-order valence-corrected chi connectivity index (χ0v) is 14.5. The fourth-order valence-corrected chi connectivity index (χ4v) is 4.18. The second kappa shape index (κ2) is 7.34. The van der Waals surface area contributed by atoms with Crippen molar-refractivity contribution in [3.05, 3.63) is 28.7 Å². The van der Waals surface area contributed by atoms with Crippen molar-refractivity contribution in [2.45, 2.75) is 32.1 Å². The Bertz CT molecular complexity index is 593. The highest BCUT2D eigenvalue weighted by atomic mass is 79.9. The number of ether oxygens (including phenoxy) is 1. The van der Waals surface area contributed by atoms with Gasteiger partial charge in [-0.05, 0) is 55.2 Å². The number of benzene rings is 1. The van der Waals surface area contributed by atoms with E-state index in [2.05, 4.69) is 26.8 Å². The smallest absolute Gasteiger partial charge is 0.276 e. The van der Waals surface area contributed by atoms with Crippen LogP contribution in [0.3, 0.4) is 0 Å². The largest absolute Gasteiger partial charge is 0.484 e. The van der Waals surface area contributed by atoms with Crippen LogP contribution in [-0.4, -0.2) is 18.4 Å². The maximum Gasteiger partial charge on any atom is 0.276 e. The molecule has 3 rings (SSSR count). The van der Waals surface area contributed by atoms with E-state index in [0.717, 1.165) is 16.8 Å². The molecule has 1 aromatic rings. The molecule has 1 aromatic carbocycles. The molecule has 0 saturated heterocycles. The van der Waals surface area contributed by atoms with Crippen molar-refractivity contribution >= 4 is 27.7 Å². The van der Waals surface area contributed by atoms with Crippen LogP contribution >= 0.6 is 15.9 Å². The number of rotatable bonds is 5. The zero-order chi connectivity index (χ0) is 16.2. The summed E-state index contributed by atoms with van der Waals surface area (Å²) in [5, 5.41) is 0. The quantitative estimate of drug-likeness (QED) is 0.771. The molecule has 2 saturated carbocycles. The van der Waals surface area contributed by atoms with Crippen LogP contribution < -0.4 is 15.6 Å². The molecule has 5 nitrogen and oxygen atoms in total. The van der Waals surface area contributed by atoms with E-state index in [0.29, 0.717) is 24.0 Å². The number of hydrogen-bond acceptors (Lipinski definition) is 3. The van der Waals surface area contributed by atoms with E-state index in [9.17, 15) is 9.59 Å². The summed E-state index contributed by atoms with van der Waals surface area (Å²) < 4.78 is 6.25. The lowest BCUT2D eigenvalue weighted by molar-refractivity contribution is -0.130. The molecule has 2 aliphatic rings. The molecular weight excluding hydrogens is 360 g/mol. The van der Waals surface area contributed by atoms with Crippen molar-refractivity contribution in [3.63, 3.8) is 0 Å². The first-order valence-electron chi connectivity index (χ1n) is 8.06. The predicted molar refractivity (Wildman–Crippen MR) is 89.5 cm³/mol. The number of halogens is 1. The maximum atomic E-state index is 11.9. The minimum Gasteiger partial charge on any atom is -0.484 e. The lowest BCUT2D eigenvalue weighted by Crippen LogP contribution is -2.44. The normalized spacial score (nSPS) is 25.2. The Morgan fingerprint density at radius 3 is 2.70 bits per heavy atom.